The molecular formula is C27H44O15. The maximum atomic E-state index is 11.6. The first-order valence-corrected chi connectivity index (χ1v) is 13.4. The molecule has 0 aliphatic heterocycles. The van der Waals surface area contributed by atoms with E-state index in [1.807, 2.05) is 0 Å². The van der Waals surface area contributed by atoms with Crippen molar-refractivity contribution in [3.05, 3.63) is 35.5 Å². The van der Waals surface area contributed by atoms with Crippen molar-refractivity contribution in [2.45, 2.75) is 64.4 Å². The molecule has 15 heteroatoms. The van der Waals surface area contributed by atoms with Gasteiger partial charge in [-0.3, -0.25) is 0 Å². The maximum absolute atomic E-state index is 11.6. The van der Waals surface area contributed by atoms with Crippen LogP contribution in [0.4, 0.5) is 0 Å². The van der Waals surface area contributed by atoms with Gasteiger partial charge < -0.3 is 59.1 Å². The second-order valence-corrected chi connectivity index (χ2v) is 8.50. The third-order valence-electron chi connectivity index (χ3n) is 5.40. The van der Waals surface area contributed by atoms with E-state index in [1.54, 1.807) is 0 Å². The molecule has 4 atom stereocenters. The van der Waals surface area contributed by atoms with Crippen molar-refractivity contribution in [2.24, 2.45) is 0 Å². The number of rotatable bonds is 23. The largest absolute Gasteiger partial charge is 0.502 e. The molecule has 0 rings (SSSR count). The molecule has 4 unspecified atom stereocenters. The van der Waals surface area contributed by atoms with Crippen LogP contribution in [0.3, 0.4) is 0 Å². The van der Waals surface area contributed by atoms with Gasteiger partial charge in [0.25, 0.3) is 0 Å². The molecule has 15 nitrogen and oxygen atoms in total. The number of carbonyl (C=O) groups is 3. The van der Waals surface area contributed by atoms with E-state index in [2.05, 4.69) is 0 Å². The highest BCUT2D eigenvalue weighted by atomic mass is 16.6. The number of ether oxygens (including phenoxy) is 6. The molecule has 0 aliphatic carbocycles. The summed E-state index contributed by atoms with van der Waals surface area (Å²) in [5, 5.41) is 58.2. The summed E-state index contributed by atoms with van der Waals surface area (Å²) in [6, 6.07) is 0. The van der Waals surface area contributed by atoms with Gasteiger partial charge in [-0.05, 0) is 39.0 Å². The van der Waals surface area contributed by atoms with Gasteiger partial charge in [-0.2, -0.15) is 0 Å². The molecule has 0 heterocycles. The standard InChI is InChI=1S/C27H44O15/c1-4-18(30)25(34)40-13-7-10-37-22(17-29)24(39-12-9-15-42-27(36)20(32)6-3)23(21(33)16-28)38-11-8-14-41-26(35)19(31)5-2/h4-6,21-24,28-33H,7-17H2,1-3H3. The molecule has 0 aliphatic rings. The van der Waals surface area contributed by atoms with E-state index in [9.17, 15) is 45.0 Å². The third kappa shape index (κ3) is 15.7. The highest BCUT2D eigenvalue weighted by Gasteiger charge is 2.36. The summed E-state index contributed by atoms with van der Waals surface area (Å²) in [4.78, 5) is 34.7. The lowest BCUT2D eigenvalue weighted by Gasteiger charge is -2.35. The average molecular weight is 609 g/mol. The molecule has 0 fully saturated rings. The monoisotopic (exact) mass is 608 g/mol. The molecule has 0 aromatic carbocycles. The van der Waals surface area contributed by atoms with Gasteiger partial charge in [0.1, 0.15) is 24.4 Å². The van der Waals surface area contributed by atoms with Gasteiger partial charge in [0.15, 0.2) is 17.3 Å². The van der Waals surface area contributed by atoms with E-state index in [0.29, 0.717) is 0 Å². The second-order valence-electron chi connectivity index (χ2n) is 8.50. The second kappa shape index (κ2) is 23.4. The zero-order valence-electron chi connectivity index (χ0n) is 24.2. The Kier molecular flexibility index (Phi) is 21.6. The minimum absolute atomic E-state index is 0.0401. The van der Waals surface area contributed by atoms with Crippen molar-refractivity contribution in [3.8, 4) is 0 Å². The van der Waals surface area contributed by atoms with Crippen LogP contribution in [0.2, 0.25) is 0 Å². The molecule has 0 bridgehead atoms. The normalized spacial score (nSPS) is 15.4. The van der Waals surface area contributed by atoms with Crippen LogP contribution in [0.1, 0.15) is 40.0 Å². The summed E-state index contributed by atoms with van der Waals surface area (Å²) in [5.41, 5.74) is 0. The smallest absolute Gasteiger partial charge is 0.373 e. The molecule has 0 saturated heterocycles. The summed E-state index contributed by atoms with van der Waals surface area (Å²) < 4.78 is 31.9. The molecule has 42 heavy (non-hydrogen) atoms. The Morgan fingerprint density at radius 1 is 0.571 bits per heavy atom. The zero-order valence-corrected chi connectivity index (χ0v) is 24.2. The summed E-state index contributed by atoms with van der Waals surface area (Å²) in [6.45, 7) is 2.46. The highest BCUT2D eigenvalue weighted by Crippen LogP contribution is 2.18. The highest BCUT2D eigenvalue weighted by molar-refractivity contribution is 5.86. The molecule has 0 radical (unpaired) electrons. The Bertz CT molecular complexity index is 883. The predicted molar refractivity (Wildman–Crippen MR) is 145 cm³/mol. The van der Waals surface area contributed by atoms with E-state index < -0.39 is 72.8 Å². The van der Waals surface area contributed by atoms with Crippen molar-refractivity contribution in [1.29, 1.82) is 0 Å². The van der Waals surface area contributed by atoms with Crippen molar-refractivity contribution in [3.63, 3.8) is 0 Å². The summed E-state index contributed by atoms with van der Waals surface area (Å²) in [6.07, 6.45) is -1.02. The van der Waals surface area contributed by atoms with Gasteiger partial charge in [-0.15, -0.1) is 0 Å². The number of carbonyl (C=O) groups excluding carboxylic acids is 3. The van der Waals surface area contributed by atoms with Crippen LogP contribution in [0.15, 0.2) is 35.5 Å². The first-order chi connectivity index (χ1) is 20.1. The van der Waals surface area contributed by atoms with E-state index in [1.165, 1.54) is 39.0 Å². The Labute approximate surface area is 244 Å². The van der Waals surface area contributed by atoms with Gasteiger partial charge in [0.05, 0.1) is 52.9 Å². The fourth-order valence-electron chi connectivity index (χ4n) is 3.11. The maximum Gasteiger partial charge on any atom is 0.373 e. The predicted octanol–water partition coefficient (Wildman–Crippen LogP) is 0.673. The number of hydrogen-bond acceptors (Lipinski definition) is 15. The van der Waals surface area contributed by atoms with Gasteiger partial charge >= 0.3 is 17.9 Å². The van der Waals surface area contributed by atoms with Crippen LogP contribution in [-0.4, -0.2) is 126 Å². The minimum Gasteiger partial charge on any atom is -0.502 e. The molecule has 0 aromatic rings. The van der Waals surface area contributed by atoms with Crippen LogP contribution in [0, 0.1) is 0 Å². The summed E-state index contributed by atoms with van der Waals surface area (Å²) in [5.74, 6) is -4.41. The van der Waals surface area contributed by atoms with Crippen LogP contribution < -0.4 is 0 Å². The number of aliphatic hydroxyl groups excluding tert-OH is 6. The van der Waals surface area contributed by atoms with E-state index in [0.717, 1.165) is 0 Å². The Balaban J connectivity index is 5.33. The molecule has 0 amide bonds. The van der Waals surface area contributed by atoms with Crippen LogP contribution >= 0.6 is 0 Å². The van der Waals surface area contributed by atoms with Gasteiger partial charge in [0.2, 0.25) is 0 Å². The molecule has 6 N–H and O–H groups in total. The molecule has 0 saturated carbocycles. The van der Waals surface area contributed by atoms with E-state index >= 15 is 0 Å². The first kappa shape index (κ1) is 38.8. The summed E-state index contributed by atoms with van der Waals surface area (Å²) >= 11 is 0. The van der Waals surface area contributed by atoms with E-state index in [4.69, 9.17) is 28.4 Å². The number of esters is 3. The lowest BCUT2D eigenvalue weighted by molar-refractivity contribution is -0.184. The Morgan fingerprint density at radius 2 is 0.929 bits per heavy atom. The van der Waals surface area contributed by atoms with Crippen LogP contribution in [0.5, 0.6) is 0 Å². The van der Waals surface area contributed by atoms with Crippen LogP contribution in [-0.2, 0) is 42.8 Å². The Morgan fingerprint density at radius 3 is 1.26 bits per heavy atom. The number of aliphatic hydroxyl groups is 6. The zero-order chi connectivity index (χ0) is 31.9. The third-order valence-corrected chi connectivity index (χ3v) is 5.40. The average Bonchev–Trinajstić information content (AvgIpc) is 3.00. The molecule has 0 spiro atoms. The van der Waals surface area contributed by atoms with Crippen LogP contribution in [0.25, 0.3) is 0 Å². The van der Waals surface area contributed by atoms with Gasteiger partial charge in [-0.25, -0.2) is 14.4 Å². The first-order valence-electron chi connectivity index (χ1n) is 13.4. The molecular weight excluding hydrogens is 564 g/mol. The van der Waals surface area contributed by atoms with Crippen molar-refractivity contribution in [1.82, 2.24) is 0 Å². The molecule has 0 aromatic heterocycles. The number of hydrogen-bond donors (Lipinski definition) is 6. The Hall–Kier alpha value is -3.21. The lowest BCUT2D eigenvalue weighted by atomic mass is 10.0. The lowest BCUT2D eigenvalue weighted by Crippen LogP contribution is -2.51. The number of allylic oxidation sites excluding steroid dienone is 3. The summed E-state index contributed by atoms with van der Waals surface area (Å²) in [7, 11) is 0. The fourth-order valence-corrected chi connectivity index (χ4v) is 3.11. The van der Waals surface area contributed by atoms with Crippen molar-refractivity contribution < 1.29 is 73.4 Å². The van der Waals surface area contributed by atoms with Gasteiger partial charge in [0, 0.05) is 19.3 Å². The molecule has 242 valence electrons. The quantitative estimate of drug-likeness (QED) is 0.0308. The SMILES string of the molecule is CC=C(O)C(=O)OCCCOC(CO)C(OCCCOC(=O)C(O)=CC)C(OCCCOC(=O)C(O)=CC)C(O)CO. The topological polar surface area (TPSA) is 228 Å². The van der Waals surface area contributed by atoms with Crippen molar-refractivity contribution >= 4 is 17.9 Å². The van der Waals surface area contributed by atoms with Crippen molar-refractivity contribution in [2.75, 3.05) is 52.9 Å². The van der Waals surface area contributed by atoms with E-state index in [-0.39, 0.29) is 58.9 Å². The fraction of sp³-hybridized carbons (Fsp3) is 0.667. The van der Waals surface area contributed by atoms with Gasteiger partial charge in [-0.1, -0.05) is 0 Å². The minimum atomic E-state index is -1.49.